The van der Waals surface area contributed by atoms with Crippen molar-refractivity contribution in [3.63, 3.8) is 0 Å². The van der Waals surface area contributed by atoms with Crippen molar-refractivity contribution in [1.29, 1.82) is 0 Å². The van der Waals surface area contributed by atoms with Crippen LogP contribution in [0.3, 0.4) is 0 Å². The average molecular weight is 186 g/mol. The SMILES string of the molecule is CC(C)C[TeH]. The summed E-state index contributed by atoms with van der Waals surface area (Å²) in [5.41, 5.74) is 0. The zero-order valence-corrected chi connectivity index (χ0v) is 6.28. The molecule has 0 aliphatic heterocycles. The second-order valence-corrected chi connectivity index (χ2v) is 2.62. The first kappa shape index (κ1) is 5.79. The summed E-state index contributed by atoms with van der Waals surface area (Å²) in [4.78, 5) is 0. The van der Waals surface area contributed by atoms with Crippen LogP contribution in [0.1, 0.15) is 13.8 Å². The van der Waals surface area contributed by atoms with Gasteiger partial charge in [-0.2, -0.15) is 0 Å². The molecule has 0 amide bonds. The molecule has 0 aromatic rings. The molecule has 0 saturated carbocycles. The molecule has 0 fully saturated rings. The third kappa shape index (κ3) is 4.79. The Hall–Kier alpha value is 0.790. The molecule has 0 N–H and O–H groups in total. The van der Waals surface area contributed by atoms with Crippen molar-refractivity contribution < 1.29 is 0 Å². The van der Waals surface area contributed by atoms with Crippen LogP contribution in [-0.2, 0) is 0 Å². The van der Waals surface area contributed by atoms with Crippen LogP contribution in [0.2, 0.25) is 4.47 Å². The molecule has 0 heterocycles. The standard InChI is InChI=1S/C4H10Te/c1-4(2)3-5/h4-5H,3H2,1-2H3. The van der Waals surface area contributed by atoms with E-state index in [-0.39, 0.29) is 0 Å². The van der Waals surface area contributed by atoms with Crippen LogP contribution in [0.15, 0.2) is 0 Å². The first-order valence-corrected chi connectivity index (χ1v) is 3.68. The van der Waals surface area contributed by atoms with Crippen molar-refractivity contribution in [2.75, 3.05) is 0 Å². The fourth-order valence-corrected chi connectivity index (χ4v) is 0. The van der Waals surface area contributed by atoms with Gasteiger partial charge in [0.05, 0.1) is 0 Å². The van der Waals surface area contributed by atoms with Crippen LogP contribution in [0.5, 0.6) is 0 Å². The second kappa shape index (κ2) is 3.00. The Morgan fingerprint density at radius 1 is 1.60 bits per heavy atom. The molecule has 0 unspecified atom stereocenters. The van der Waals surface area contributed by atoms with Gasteiger partial charge in [-0.15, -0.1) is 0 Å². The van der Waals surface area contributed by atoms with Crippen molar-refractivity contribution in [2.45, 2.75) is 18.3 Å². The molecule has 0 aliphatic carbocycles. The summed E-state index contributed by atoms with van der Waals surface area (Å²) in [6.45, 7) is 4.47. The summed E-state index contributed by atoms with van der Waals surface area (Å²) in [6, 6.07) is 0. The van der Waals surface area contributed by atoms with Crippen LogP contribution >= 0.6 is 0 Å². The molecule has 0 saturated heterocycles. The van der Waals surface area contributed by atoms with E-state index < -0.39 is 0 Å². The molecule has 0 spiro atoms. The monoisotopic (exact) mass is 188 g/mol. The van der Waals surface area contributed by atoms with E-state index in [9.17, 15) is 0 Å². The summed E-state index contributed by atoms with van der Waals surface area (Å²) in [6.07, 6.45) is 0. The third-order valence-corrected chi connectivity index (χ3v) is 2.45. The Morgan fingerprint density at radius 3 is 1.80 bits per heavy atom. The summed E-state index contributed by atoms with van der Waals surface area (Å²) in [5, 5.41) is 0. The molecular formula is C4H10Te. The fourth-order valence-electron chi connectivity index (χ4n) is 0. The van der Waals surface area contributed by atoms with Gasteiger partial charge in [0.25, 0.3) is 0 Å². The number of hydrogen-bond acceptors (Lipinski definition) is 0. The van der Waals surface area contributed by atoms with Gasteiger partial charge in [-0.05, 0) is 0 Å². The summed E-state index contributed by atoms with van der Waals surface area (Å²) in [5.74, 6) is 0.906. The third-order valence-electron chi connectivity index (χ3n) is 0.365. The zero-order chi connectivity index (χ0) is 4.28. The fraction of sp³-hybridized carbons (Fsp3) is 1.00. The van der Waals surface area contributed by atoms with E-state index in [1.54, 1.807) is 0 Å². The molecule has 0 bridgehead atoms. The Balaban J connectivity index is 2.54. The van der Waals surface area contributed by atoms with Crippen LogP contribution < -0.4 is 0 Å². The first-order valence-electron chi connectivity index (χ1n) is 1.88. The van der Waals surface area contributed by atoms with E-state index in [0.29, 0.717) is 0 Å². The van der Waals surface area contributed by atoms with E-state index in [0.717, 1.165) is 5.92 Å². The van der Waals surface area contributed by atoms with E-state index in [1.165, 1.54) is 4.47 Å². The van der Waals surface area contributed by atoms with Crippen molar-refractivity contribution in [3.8, 4) is 0 Å². The van der Waals surface area contributed by atoms with E-state index in [4.69, 9.17) is 0 Å². The first-order chi connectivity index (χ1) is 2.27. The Morgan fingerprint density at radius 2 is 1.80 bits per heavy atom. The van der Waals surface area contributed by atoms with Crippen LogP contribution in [-0.4, -0.2) is 22.3 Å². The molecule has 0 rings (SSSR count). The van der Waals surface area contributed by atoms with Crippen LogP contribution in [0, 0.1) is 5.92 Å². The van der Waals surface area contributed by atoms with E-state index in [2.05, 4.69) is 13.8 Å². The predicted octanol–water partition coefficient (Wildman–Crippen LogP) is 0.961. The summed E-state index contributed by atoms with van der Waals surface area (Å²) >= 11 is 1.90. The summed E-state index contributed by atoms with van der Waals surface area (Å²) < 4.78 is 1.36. The van der Waals surface area contributed by atoms with Gasteiger partial charge < -0.3 is 0 Å². The van der Waals surface area contributed by atoms with Crippen molar-refractivity contribution in [3.05, 3.63) is 0 Å². The number of hydrogen-bond donors (Lipinski definition) is 0. The minimum absolute atomic E-state index is 0.906. The van der Waals surface area contributed by atoms with Gasteiger partial charge in [-0.1, -0.05) is 0 Å². The molecule has 5 heavy (non-hydrogen) atoms. The Kier molecular flexibility index (Phi) is 3.47. The van der Waals surface area contributed by atoms with Gasteiger partial charge in [-0.25, -0.2) is 0 Å². The van der Waals surface area contributed by atoms with Crippen LogP contribution in [0.25, 0.3) is 0 Å². The molecule has 32 valence electrons. The maximum atomic E-state index is 2.23. The zero-order valence-electron chi connectivity index (χ0n) is 3.73. The molecule has 1 heteroatoms. The Labute approximate surface area is 46.9 Å². The number of rotatable bonds is 1. The van der Waals surface area contributed by atoms with Gasteiger partial charge in [0, 0.05) is 0 Å². The van der Waals surface area contributed by atoms with Crippen molar-refractivity contribution >= 4 is 22.3 Å². The van der Waals surface area contributed by atoms with Gasteiger partial charge in [0.2, 0.25) is 0 Å². The van der Waals surface area contributed by atoms with Gasteiger partial charge >= 0.3 is 46.5 Å². The van der Waals surface area contributed by atoms with Crippen molar-refractivity contribution in [2.24, 2.45) is 5.92 Å². The topological polar surface area (TPSA) is 0 Å². The maximum absolute atomic E-state index is 2.23. The second-order valence-electron chi connectivity index (χ2n) is 1.58. The normalized spacial score (nSPS) is 9.60. The molecule has 0 nitrogen and oxygen atoms in total. The average Bonchev–Trinajstić information content (AvgIpc) is 1.38. The quantitative estimate of drug-likeness (QED) is 0.534. The van der Waals surface area contributed by atoms with E-state index >= 15 is 0 Å². The minimum atomic E-state index is 0.906. The summed E-state index contributed by atoms with van der Waals surface area (Å²) in [7, 11) is 0. The van der Waals surface area contributed by atoms with Gasteiger partial charge in [0.1, 0.15) is 0 Å². The molecule has 0 aromatic carbocycles. The molecule has 0 aromatic heterocycles. The molecule has 0 radical (unpaired) electrons. The van der Waals surface area contributed by atoms with Gasteiger partial charge in [-0.3, -0.25) is 0 Å². The molecule has 0 aliphatic rings. The molecule has 0 atom stereocenters. The van der Waals surface area contributed by atoms with E-state index in [1.807, 2.05) is 22.3 Å². The van der Waals surface area contributed by atoms with Crippen molar-refractivity contribution in [1.82, 2.24) is 0 Å². The van der Waals surface area contributed by atoms with Crippen LogP contribution in [0.4, 0.5) is 0 Å². The Bertz CT molecular complexity index is 17.6. The predicted molar refractivity (Wildman–Crippen MR) is 26.8 cm³/mol. The van der Waals surface area contributed by atoms with Gasteiger partial charge in [0.15, 0.2) is 0 Å². The molecular weight excluding hydrogens is 176 g/mol.